The van der Waals surface area contributed by atoms with Crippen LogP contribution < -0.4 is 10.2 Å². The topological polar surface area (TPSA) is 18.5 Å². The first-order valence-electron chi connectivity index (χ1n) is 7.25. The molecule has 3 nitrogen and oxygen atoms in total. The largest absolute Gasteiger partial charge is 0.349 e. The quantitative estimate of drug-likeness (QED) is 0.856. The first kappa shape index (κ1) is 15.3. The van der Waals surface area contributed by atoms with E-state index in [0.29, 0.717) is 22.8 Å². The molecule has 1 heterocycles. The summed E-state index contributed by atoms with van der Waals surface area (Å²) in [6.45, 7) is 3.65. The number of nitrogens with one attached hydrogen (secondary N) is 1. The molecule has 0 amide bonds. The maximum Gasteiger partial charge on any atom is 0.175 e. The molecule has 1 fully saturated rings. The van der Waals surface area contributed by atoms with Gasteiger partial charge >= 0.3 is 0 Å². The lowest BCUT2D eigenvalue weighted by Crippen LogP contribution is -2.56. The van der Waals surface area contributed by atoms with Crippen LogP contribution in [-0.2, 0) is 0 Å². The molecule has 0 aliphatic carbocycles. The van der Waals surface area contributed by atoms with Crippen molar-refractivity contribution in [1.82, 2.24) is 10.2 Å². The van der Waals surface area contributed by atoms with Crippen LogP contribution in [0.4, 0.5) is 5.69 Å². The highest BCUT2D eigenvalue weighted by molar-refractivity contribution is 7.80. The van der Waals surface area contributed by atoms with Crippen LogP contribution in [0.25, 0.3) is 0 Å². The van der Waals surface area contributed by atoms with Crippen molar-refractivity contribution in [1.29, 1.82) is 0 Å². The van der Waals surface area contributed by atoms with Crippen LogP contribution >= 0.6 is 23.8 Å². The molecule has 3 rings (SSSR count). The maximum absolute atomic E-state index is 6.32. The Balaban J connectivity index is 1.82. The molecule has 0 bridgehead atoms. The zero-order valence-corrected chi connectivity index (χ0v) is 13.9. The van der Waals surface area contributed by atoms with Gasteiger partial charge in [0.1, 0.15) is 0 Å². The summed E-state index contributed by atoms with van der Waals surface area (Å²) in [5.74, 6) is 0. The van der Waals surface area contributed by atoms with Crippen molar-refractivity contribution in [3.8, 4) is 0 Å². The SMILES string of the molecule is CC(c1ccccc1)N1CNC(=S)N(c2ccccc2Cl)C1. The monoisotopic (exact) mass is 331 g/mol. The van der Waals surface area contributed by atoms with Gasteiger partial charge in [0.05, 0.1) is 24.0 Å². The number of anilines is 1. The van der Waals surface area contributed by atoms with Gasteiger partial charge in [0.2, 0.25) is 0 Å². The van der Waals surface area contributed by atoms with Crippen LogP contribution in [0.5, 0.6) is 0 Å². The molecule has 1 aliphatic rings. The predicted octanol–water partition coefficient (Wildman–Crippen LogP) is 4.01. The summed E-state index contributed by atoms with van der Waals surface area (Å²) in [6, 6.07) is 18.6. The summed E-state index contributed by atoms with van der Waals surface area (Å²) in [5, 5.41) is 4.70. The van der Waals surface area contributed by atoms with Crippen molar-refractivity contribution in [2.24, 2.45) is 0 Å². The normalized spacial score (nSPS) is 17.2. The Bertz CT molecular complexity index is 662. The lowest BCUT2D eigenvalue weighted by Gasteiger charge is -2.41. The Morgan fingerprint density at radius 1 is 1.09 bits per heavy atom. The minimum atomic E-state index is 0.293. The third-order valence-corrected chi connectivity index (χ3v) is 4.66. The van der Waals surface area contributed by atoms with E-state index in [-0.39, 0.29) is 0 Å². The van der Waals surface area contributed by atoms with E-state index >= 15 is 0 Å². The molecule has 1 saturated heterocycles. The van der Waals surface area contributed by atoms with E-state index in [2.05, 4.69) is 41.4 Å². The van der Waals surface area contributed by atoms with Crippen LogP contribution in [0.3, 0.4) is 0 Å². The second-order valence-electron chi connectivity index (χ2n) is 5.34. The van der Waals surface area contributed by atoms with Crippen molar-refractivity contribution in [2.45, 2.75) is 13.0 Å². The fourth-order valence-electron chi connectivity index (χ4n) is 2.62. The van der Waals surface area contributed by atoms with Crippen molar-refractivity contribution >= 4 is 34.6 Å². The number of nitrogens with zero attached hydrogens (tertiary/aromatic N) is 2. The van der Waals surface area contributed by atoms with E-state index in [1.165, 1.54) is 5.56 Å². The van der Waals surface area contributed by atoms with Crippen LogP contribution in [-0.4, -0.2) is 23.3 Å². The molecule has 114 valence electrons. The Hall–Kier alpha value is -1.62. The van der Waals surface area contributed by atoms with Gasteiger partial charge in [-0.1, -0.05) is 54.1 Å². The minimum Gasteiger partial charge on any atom is -0.349 e. The second kappa shape index (κ2) is 6.65. The lowest BCUT2D eigenvalue weighted by atomic mass is 10.1. The molecule has 0 aromatic heterocycles. The summed E-state index contributed by atoms with van der Waals surface area (Å²) in [4.78, 5) is 4.37. The molecule has 1 N–H and O–H groups in total. The highest BCUT2D eigenvalue weighted by Gasteiger charge is 2.26. The van der Waals surface area contributed by atoms with Gasteiger partial charge in [-0.25, -0.2) is 0 Å². The number of rotatable bonds is 3. The van der Waals surface area contributed by atoms with Gasteiger partial charge in [-0.05, 0) is 36.8 Å². The van der Waals surface area contributed by atoms with E-state index in [0.717, 1.165) is 12.4 Å². The fourth-order valence-corrected chi connectivity index (χ4v) is 3.08. The summed E-state index contributed by atoms with van der Waals surface area (Å²) in [6.07, 6.45) is 0. The Kier molecular flexibility index (Phi) is 4.62. The van der Waals surface area contributed by atoms with E-state index in [1.54, 1.807) is 0 Å². The van der Waals surface area contributed by atoms with Crippen molar-refractivity contribution < 1.29 is 0 Å². The molecule has 1 aliphatic heterocycles. The second-order valence-corrected chi connectivity index (χ2v) is 6.13. The summed E-state index contributed by atoms with van der Waals surface area (Å²) in [7, 11) is 0. The van der Waals surface area contributed by atoms with Gasteiger partial charge in [-0.2, -0.15) is 0 Å². The lowest BCUT2D eigenvalue weighted by molar-refractivity contribution is 0.200. The first-order chi connectivity index (χ1) is 10.7. The number of halogens is 1. The van der Waals surface area contributed by atoms with Crippen molar-refractivity contribution in [2.75, 3.05) is 18.2 Å². The van der Waals surface area contributed by atoms with E-state index in [4.69, 9.17) is 23.8 Å². The number of hydrogen-bond donors (Lipinski definition) is 1. The molecule has 5 heteroatoms. The summed E-state index contributed by atoms with van der Waals surface area (Å²) < 4.78 is 0. The highest BCUT2D eigenvalue weighted by atomic mass is 35.5. The maximum atomic E-state index is 6.32. The Morgan fingerprint density at radius 2 is 1.77 bits per heavy atom. The standard InChI is InChI=1S/C17H18ClN3S/c1-13(14-7-3-2-4-8-14)20-11-19-17(22)21(12-20)16-10-6-5-9-15(16)18/h2-10,13H,11-12H2,1H3,(H,19,22). The Labute approximate surface area is 141 Å². The molecule has 1 atom stereocenters. The molecule has 22 heavy (non-hydrogen) atoms. The van der Waals surface area contributed by atoms with E-state index < -0.39 is 0 Å². The van der Waals surface area contributed by atoms with Crippen LogP contribution in [0.2, 0.25) is 5.02 Å². The van der Waals surface area contributed by atoms with Gasteiger partial charge in [0, 0.05) is 6.04 Å². The van der Waals surface area contributed by atoms with Gasteiger partial charge in [-0.3, -0.25) is 4.90 Å². The van der Waals surface area contributed by atoms with Crippen molar-refractivity contribution in [3.05, 3.63) is 65.2 Å². The smallest absolute Gasteiger partial charge is 0.175 e. The van der Waals surface area contributed by atoms with Crippen molar-refractivity contribution in [3.63, 3.8) is 0 Å². The molecule has 2 aromatic rings. The number of thiocarbonyl (C=S) groups is 1. The van der Waals surface area contributed by atoms with E-state index in [9.17, 15) is 0 Å². The van der Waals surface area contributed by atoms with Crippen LogP contribution in [0.1, 0.15) is 18.5 Å². The molecule has 2 aromatic carbocycles. The van der Waals surface area contributed by atoms with Gasteiger partial charge in [0.25, 0.3) is 0 Å². The van der Waals surface area contributed by atoms with E-state index in [1.807, 2.05) is 35.2 Å². The third-order valence-electron chi connectivity index (χ3n) is 3.97. The molecular weight excluding hydrogens is 314 g/mol. The summed E-state index contributed by atoms with van der Waals surface area (Å²) in [5.41, 5.74) is 2.22. The van der Waals surface area contributed by atoms with Gasteiger partial charge in [0.15, 0.2) is 5.11 Å². The Morgan fingerprint density at radius 3 is 2.50 bits per heavy atom. The number of benzene rings is 2. The molecule has 0 saturated carbocycles. The van der Waals surface area contributed by atoms with Crippen LogP contribution in [0.15, 0.2) is 54.6 Å². The molecule has 1 unspecified atom stereocenters. The predicted molar refractivity (Wildman–Crippen MR) is 96.1 cm³/mol. The zero-order valence-electron chi connectivity index (χ0n) is 12.4. The fraction of sp³-hybridized carbons (Fsp3) is 0.235. The highest BCUT2D eigenvalue weighted by Crippen LogP contribution is 2.29. The average molecular weight is 332 g/mol. The van der Waals surface area contributed by atoms with Gasteiger partial charge < -0.3 is 10.2 Å². The molecule has 0 radical (unpaired) electrons. The minimum absolute atomic E-state index is 0.293. The summed E-state index contributed by atoms with van der Waals surface area (Å²) >= 11 is 11.8. The number of para-hydroxylation sites is 1. The first-order valence-corrected chi connectivity index (χ1v) is 8.04. The number of hydrogen-bond acceptors (Lipinski definition) is 2. The van der Waals surface area contributed by atoms with Gasteiger partial charge in [-0.15, -0.1) is 0 Å². The third kappa shape index (κ3) is 3.09. The average Bonchev–Trinajstić information content (AvgIpc) is 2.56. The zero-order chi connectivity index (χ0) is 15.5. The molecular formula is C17H18ClN3S. The molecule has 0 spiro atoms. The van der Waals surface area contributed by atoms with Crippen LogP contribution in [0, 0.1) is 0 Å².